The van der Waals surface area contributed by atoms with Crippen LogP contribution >= 0.6 is 15.9 Å². The van der Waals surface area contributed by atoms with E-state index in [9.17, 15) is 9.59 Å². The second kappa shape index (κ2) is 6.85. The van der Waals surface area contributed by atoms with Crippen molar-refractivity contribution in [3.8, 4) is 0 Å². The predicted molar refractivity (Wildman–Crippen MR) is 78.5 cm³/mol. The molecule has 1 saturated heterocycles. The molecule has 2 amide bonds. The molecule has 5 nitrogen and oxygen atoms in total. The molecular formula is C14H17BrN2O3. The zero-order valence-electron chi connectivity index (χ0n) is 11.3. The van der Waals surface area contributed by atoms with Crippen molar-refractivity contribution < 1.29 is 14.3 Å². The first-order valence-electron chi connectivity index (χ1n) is 6.45. The molecule has 0 aromatic heterocycles. The zero-order chi connectivity index (χ0) is 14.5. The largest absolute Gasteiger partial charge is 0.379 e. The van der Waals surface area contributed by atoms with Gasteiger partial charge in [0.05, 0.1) is 19.2 Å². The average Bonchev–Trinajstić information content (AvgIpc) is 2.98. The highest BCUT2D eigenvalue weighted by Gasteiger charge is 2.24. The van der Waals surface area contributed by atoms with E-state index in [0.29, 0.717) is 18.8 Å². The molecule has 1 heterocycles. The van der Waals surface area contributed by atoms with Crippen molar-refractivity contribution in [2.24, 2.45) is 0 Å². The summed E-state index contributed by atoms with van der Waals surface area (Å²) in [5.74, 6) is -0.354. The van der Waals surface area contributed by atoms with Crippen LogP contribution in [0.1, 0.15) is 16.8 Å². The number of carbonyl (C=O) groups is 2. The van der Waals surface area contributed by atoms with E-state index in [1.165, 1.54) is 0 Å². The first-order chi connectivity index (χ1) is 9.58. The summed E-state index contributed by atoms with van der Waals surface area (Å²) in [6.45, 7) is 1.26. The van der Waals surface area contributed by atoms with Gasteiger partial charge in [0.1, 0.15) is 0 Å². The number of likely N-dealkylation sites (N-methyl/N-ethyl adjacent to an activating group) is 1. The third kappa shape index (κ3) is 3.80. The van der Waals surface area contributed by atoms with E-state index in [0.717, 1.165) is 10.9 Å². The fraction of sp³-hybridized carbons (Fsp3) is 0.429. The van der Waals surface area contributed by atoms with Gasteiger partial charge in [0, 0.05) is 23.7 Å². The molecular weight excluding hydrogens is 324 g/mol. The van der Waals surface area contributed by atoms with Crippen molar-refractivity contribution in [2.45, 2.75) is 12.5 Å². The Balaban J connectivity index is 1.83. The van der Waals surface area contributed by atoms with Crippen molar-refractivity contribution in [1.29, 1.82) is 0 Å². The molecule has 20 heavy (non-hydrogen) atoms. The first-order valence-corrected chi connectivity index (χ1v) is 7.24. The van der Waals surface area contributed by atoms with E-state index in [1.807, 2.05) is 0 Å². The molecule has 1 atom stereocenters. The minimum absolute atomic E-state index is 0.00188. The lowest BCUT2D eigenvalue weighted by molar-refractivity contribution is -0.130. The highest BCUT2D eigenvalue weighted by atomic mass is 79.9. The molecule has 6 heteroatoms. The van der Waals surface area contributed by atoms with Crippen molar-refractivity contribution in [1.82, 2.24) is 10.2 Å². The Labute approximate surface area is 126 Å². The van der Waals surface area contributed by atoms with Crippen molar-refractivity contribution in [3.63, 3.8) is 0 Å². The number of ether oxygens (including phenoxy) is 1. The van der Waals surface area contributed by atoms with Crippen LogP contribution in [-0.2, 0) is 9.53 Å². The number of hydrogen-bond acceptors (Lipinski definition) is 3. The van der Waals surface area contributed by atoms with Crippen LogP contribution in [0.15, 0.2) is 28.7 Å². The second-order valence-corrected chi connectivity index (χ2v) is 5.63. The van der Waals surface area contributed by atoms with Crippen LogP contribution in [0.2, 0.25) is 0 Å². The van der Waals surface area contributed by atoms with Crippen molar-refractivity contribution in [2.75, 3.05) is 26.8 Å². The summed E-state index contributed by atoms with van der Waals surface area (Å²) in [7, 11) is 1.74. The van der Waals surface area contributed by atoms with Gasteiger partial charge in [-0.05, 0) is 30.7 Å². The van der Waals surface area contributed by atoms with E-state index in [2.05, 4.69) is 21.2 Å². The number of amides is 2. The van der Waals surface area contributed by atoms with Gasteiger partial charge in [-0.1, -0.05) is 15.9 Å². The minimum atomic E-state index is -0.248. The molecule has 0 radical (unpaired) electrons. The number of benzene rings is 1. The van der Waals surface area contributed by atoms with Crippen molar-refractivity contribution in [3.05, 3.63) is 34.3 Å². The lowest BCUT2D eigenvalue weighted by Crippen LogP contribution is -2.43. The maximum absolute atomic E-state index is 12.0. The summed E-state index contributed by atoms with van der Waals surface area (Å²) in [5, 5.41) is 2.64. The lowest BCUT2D eigenvalue weighted by atomic mass is 10.2. The summed E-state index contributed by atoms with van der Waals surface area (Å²) < 4.78 is 6.16. The number of carbonyl (C=O) groups excluding carboxylic acids is 2. The zero-order valence-corrected chi connectivity index (χ0v) is 12.9. The first kappa shape index (κ1) is 15.0. The van der Waals surface area contributed by atoms with Crippen molar-refractivity contribution >= 4 is 27.7 Å². The monoisotopic (exact) mass is 340 g/mol. The molecule has 1 aliphatic heterocycles. The molecule has 2 rings (SSSR count). The summed E-state index contributed by atoms with van der Waals surface area (Å²) in [4.78, 5) is 25.5. The van der Waals surface area contributed by atoms with E-state index in [4.69, 9.17) is 4.74 Å². The normalized spacial score (nSPS) is 17.8. The Bertz CT molecular complexity index is 484. The molecule has 0 bridgehead atoms. The van der Waals surface area contributed by atoms with E-state index in [1.54, 1.807) is 36.2 Å². The van der Waals surface area contributed by atoms with Gasteiger partial charge in [-0.2, -0.15) is 0 Å². The van der Waals surface area contributed by atoms with Gasteiger partial charge < -0.3 is 15.0 Å². The van der Waals surface area contributed by atoms with Crippen LogP contribution in [-0.4, -0.2) is 49.6 Å². The van der Waals surface area contributed by atoms with Gasteiger partial charge in [0.15, 0.2) is 0 Å². The van der Waals surface area contributed by atoms with Crippen LogP contribution in [0, 0.1) is 0 Å². The third-order valence-electron chi connectivity index (χ3n) is 3.35. The lowest BCUT2D eigenvalue weighted by Gasteiger charge is -2.23. The summed E-state index contributed by atoms with van der Waals surface area (Å²) in [5.41, 5.74) is 0.535. The number of halogens is 1. The fourth-order valence-corrected chi connectivity index (χ4v) is 2.28. The molecule has 1 fully saturated rings. The van der Waals surface area contributed by atoms with E-state index < -0.39 is 0 Å². The molecule has 1 N–H and O–H groups in total. The SMILES string of the molecule is CN(C(=O)CNC(=O)c1ccc(Br)cc1)[C@H]1CCOC1. The van der Waals surface area contributed by atoms with E-state index >= 15 is 0 Å². The van der Waals surface area contributed by atoms with Gasteiger partial charge in [-0.15, -0.1) is 0 Å². The maximum atomic E-state index is 12.0. The third-order valence-corrected chi connectivity index (χ3v) is 3.88. The molecule has 108 valence electrons. The number of hydrogen-bond donors (Lipinski definition) is 1. The van der Waals surface area contributed by atoms with Crippen LogP contribution in [0.25, 0.3) is 0 Å². The summed E-state index contributed by atoms with van der Waals surface area (Å²) in [6, 6.07) is 7.11. The van der Waals surface area contributed by atoms with Gasteiger partial charge in [0.2, 0.25) is 5.91 Å². The van der Waals surface area contributed by atoms with Crippen LogP contribution < -0.4 is 5.32 Å². The molecule has 0 aliphatic carbocycles. The number of nitrogens with one attached hydrogen (secondary N) is 1. The second-order valence-electron chi connectivity index (χ2n) is 4.71. The van der Waals surface area contributed by atoms with Gasteiger partial charge in [-0.3, -0.25) is 9.59 Å². The topological polar surface area (TPSA) is 58.6 Å². The molecule has 1 aromatic carbocycles. The van der Waals surface area contributed by atoms with Crippen LogP contribution in [0.3, 0.4) is 0 Å². The Morgan fingerprint density at radius 3 is 2.70 bits per heavy atom. The quantitative estimate of drug-likeness (QED) is 0.901. The van der Waals surface area contributed by atoms with Crippen LogP contribution in [0.5, 0.6) is 0 Å². The highest BCUT2D eigenvalue weighted by Crippen LogP contribution is 2.11. The number of nitrogens with zero attached hydrogens (tertiary/aromatic N) is 1. The standard InChI is InChI=1S/C14H17BrN2O3/c1-17(12-6-7-20-9-12)13(18)8-16-14(19)10-2-4-11(15)5-3-10/h2-5,12H,6-9H2,1H3,(H,16,19)/t12-/m0/s1. The Kier molecular flexibility index (Phi) is 5.14. The molecule has 1 aliphatic rings. The maximum Gasteiger partial charge on any atom is 0.251 e. The molecule has 0 spiro atoms. The molecule has 1 aromatic rings. The summed E-state index contributed by atoms with van der Waals surface area (Å²) in [6.07, 6.45) is 0.850. The molecule has 0 saturated carbocycles. The summed E-state index contributed by atoms with van der Waals surface area (Å²) >= 11 is 3.31. The predicted octanol–water partition coefficient (Wildman–Crippen LogP) is 1.43. The van der Waals surface area contributed by atoms with Gasteiger partial charge in [-0.25, -0.2) is 0 Å². The fourth-order valence-electron chi connectivity index (χ4n) is 2.02. The minimum Gasteiger partial charge on any atom is -0.379 e. The highest BCUT2D eigenvalue weighted by molar-refractivity contribution is 9.10. The Morgan fingerprint density at radius 1 is 1.40 bits per heavy atom. The Morgan fingerprint density at radius 2 is 2.10 bits per heavy atom. The van der Waals surface area contributed by atoms with Gasteiger partial charge in [0.25, 0.3) is 5.91 Å². The van der Waals surface area contributed by atoms with Crippen LogP contribution in [0.4, 0.5) is 0 Å². The average molecular weight is 341 g/mol. The Hall–Kier alpha value is -1.40. The molecule has 0 unspecified atom stereocenters. The number of rotatable bonds is 4. The van der Waals surface area contributed by atoms with Gasteiger partial charge >= 0.3 is 0 Å². The van der Waals surface area contributed by atoms with E-state index in [-0.39, 0.29) is 24.4 Å². The smallest absolute Gasteiger partial charge is 0.251 e.